The quantitative estimate of drug-likeness (QED) is 0.852. The highest BCUT2D eigenvalue weighted by Gasteiger charge is 2.09. The lowest BCUT2D eigenvalue weighted by molar-refractivity contribution is -0.116. The maximum Gasteiger partial charge on any atom is 0.224 e. The number of para-hydroxylation sites is 1. The van der Waals surface area contributed by atoms with Gasteiger partial charge in [0.15, 0.2) is 0 Å². The van der Waals surface area contributed by atoms with Crippen LogP contribution in [0.4, 0.5) is 5.69 Å². The molecule has 0 unspecified atom stereocenters. The lowest BCUT2D eigenvalue weighted by Gasteiger charge is -2.13. The van der Waals surface area contributed by atoms with E-state index < -0.39 is 0 Å². The van der Waals surface area contributed by atoms with Gasteiger partial charge in [0.05, 0.1) is 0 Å². The first kappa shape index (κ1) is 12.6. The lowest BCUT2D eigenvalue weighted by atomic mass is 9.95. The Hall–Kier alpha value is -1.83. The van der Waals surface area contributed by atoms with Gasteiger partial charge < -0.3 is 5.32 Å². The first-order chi connectivity index (χ1) is 8.75. The first-order valence-corrected chi connectivity index (χ1v) is 6.44. The van der Waals surface area contributed by atoms with E-state index in [0.717, 1.165) is 24.1 Å². The number of anilines is 1. The third-order valence-electron chi connectivity index (χ3n) is 3.23. The summed E-state index contributed by atoms with van der Waals surface area (Å²) in [5, 5.41) is 2.97. The molecule has 0 heterocycles. The molecule has 0 aliphatic heterocycles. The van der Waals surface area contributed by atoms with Gasteiger partial charge in [0.2, 0.25) is 5.91 Å². The van der Waals surface area contributed by atoms with Gasteiger partial charge in [-0.25, -0.2) is 0 Å². The number of hydrogen-bond donors (Lipinski definition) is 1. The summed E-state index contributed by atoms with van der Waals surface area (Å²) in [6.45, 7) is 2.00. The number of amides is 1. The summed E-state index contributed by atoms with van der Waals surface area (Å²) in [5.41, 5.74) is 2.02. The Morgan fingerprint density at radius 2 is 2.17 bits per heavy atom. The molecule has 2 rings (SSSR count). The van der Waals surface area contributed by atoms with Gasteiger partial charge in [0, 0.05) is 12.1 Å². The summed E-state index contributed by atoms with van der Waals surface area (Å²) >= 11 is 0. The topological polar surface area (TPSA) is 29.1 Å². The molecule has 18 heavy (non-hydrogen) atoms. The molecule has 1 atom stereocenters. The van der Waals surface area contributed by atoms with E-state index >= 15 is 0 Å². The van der Waals surface area contributed by atoms with Gasteiger partial charge in [-0.15, -0.1) is 0 Å². The fourth-order valence-corrected chi connectivity index (χ4v) is 2.09. The Morgan fingerprint density at radius 3 is 2.89 bits per heavy atom. The van der Waals surface area contributed by atoms with Crippen molar-refractivity contribution in [2.24, 2.45) is 5.92 Å². The standard InChI is InChI=1S/C16H19NO/c1-13-7-5-6-10-15(13)17-16(18)12-11-14-8-3-2-4-9-14/h2-8,10,14H,9,11-12H2,1H3,(H,17,18)/t14-/m1/s1. The molecule has 1 aromatic carbocycles. The summed E-state index contributed by atoms with van der Waals surface area (Å²) in [4.78, 5) is 11.9. The Balaban J connectivity index is 1.80. The molecule has 1 aromatic rings. The maximum atomic E-state index is 11.9. The fraction of sp³-hybridized carbons (Fsp3) is 0.312. The minimum Gasteiger partial charge on any atom is -0.326 e. The maximum absolute atomic E-state index is 11.9. The Bertz CT molecular complexity index is 474. The van der Waals surface area contributed by atoms with Crippen molar-refractivity contribution in [3.05, 3.63) is 54.1 Å². The van der Waals surface area contributed by atoms with E-state index in [1.807, 2.05) is 31.2 Å². The first-order valence-electron chi connectivity index (χ1n) is 6.44. The number of benzene rings is 1. The van der Waals surface area contributed by atoms with Gasteiger partial charge >= 0.3 is 0 Å². The highest BCUT2D eigenvalue weighted by atomic mass is 16.1. The van der Waals surface area contributed by atoms with Crippen LogP contribution >= 0.6 is 0 Å². The average Bonchev–Trinajstić information content (AvgIpc) is 2.40. The van der Waals surface area contributed by atoms with Crippen LogP contribution < -0.4 is 5.32 Å². The third kappa shape index (κ3) is 3.59. The van der Waals surface area contributed by atoms with Crippen molar-refractivity contribution in [3.63, 3.8) is 0 Å². The minimum atomic E-state index is 0.104. The molecule has 0 bridgehead atoms. The molecule has 1 aliphatic rings. The number of rotatable bonds is 4. The van der Waals surface area contributed by atoms with Crippen molar-refractivity contribution in [1.82, 2.24) is 0 Å². The number of carbonyl (C=O) groups is 1. The van der Waals surface area contributed by atoms with Crippen LogP contribution in [0.25, 0.3) is 0 Å². The predicted octanol–water partition coefficient (Wildman–Crippen LogP) is 3.85. The van der Waals surface area contributed by atoms with Crippen molar-refractivity contribution >= 4 is 11.6 Å². The zero-order chi connectivity index (χ0) is 12.8. The number of hydrogen-bond acceptors (Lipinski definition) is 1. The van der Waals surface area contributed by atoms with Crippen molar-refractivity contribution in [1.29, 1.82) is 0 Å². The molecule has 1 aliphatic carbocycles. The van der Waals surface area contributed by atoms with Gasteiger partial charge in [-0.3, -0.25) is 4.79 Å². The second-order valence-corrected chi connectivity index (χ2v) is 4.71. The molecule has 0 saturated carbocycles. The zero-order valence-corrected chi connectivity index (χ0v) is 10.7. The molecule has 94 valence electrons. The summed E-state index contributed by atoms with van der Waals surface area (Å²) in [7, 11) is 0. The SMILES string of the molecule is Cc1ccccc1NC(=O)CC[C@@H]1C=CC=CC1. The normalized spacial score (nSPS) is 17.7. The van der Waals surface area contributed by atoms with Gasteiger partial charge in [0.1, 0.15) is 0 Å². The van der Waals surface area contributed by atoms with Gasteiger partial charge in [-0.2, -0.15) is 0 Å². The van der Waals surface area contributed by atoms with Crippen LogP contribution in [0.5, 0.6) is 0 Å². The Morgan fingerprint density at radius 1 is 1.33 bits per heavy atom. The summed E-state index contributed by atoms with van der Waals surface area (Å²) in [6.07, 6.45) is 11.0. The molecule has 0 radical (unpaired) electrons. The summed E-state index contributed by atoms with van der Waals surface area (Å²) < 4.78 is 0. The number of allylic oxidation sites excluding steroid dienone is 4. The van der Waals surface area contributed by atoms with Crippen molar-refractivity contribution < 1.29 is 4.79 Å². The Kier molecular flexibility index (Phi) is 4.35. The summed E-state index contributed by atoms with van der Waals surface area (Å²) in [5.74, 6) is 0.616. The molecule has 2 heteroatoms. The van der Waals surface area contributed by atoms with Crippen LogP contribution in [0.1, 0.15) is 24.8 Å². The minimum absolute atomic E-state index is 0.104. The van der Waals surface area contributed by atoms with Crippen LogP contribution in [0.2, 0.25) is 0 Å². The average molecular weight is 241 g/mol. The number of aryl methyl sites for hydroxylation is 1. The van der Waals surface area contributed by atoms with E-state index in [0.29, 0.717) is 12.3 Å². The van der Waals surface area contributed by atoms with E-state index in [9.17, 15) is 4.79 Å². The fourth-order valence-electron chi connectivity index (χ4n) is 2.09. The molecular formula is C16H19NO. The summed E-state index contributed by atoms with van der Waals surface area (Å²) in [6, 6.07) is 7.86. The lowest BCUT2D eigenvalue weighted by Crippen LogP contribution is -2.13. The van der Waals surface area contributed by atoms with E-state index in [2.05, 4.69) is 29.6 Å². The van der Waals surface area contributed by atoms with E-state index in [4.69, 9.17) is 0 Å². The molecule has 0 saturated heterocycles. The largest absolute Gasteiger partial charge is 0.326 e. The zero-order valence-electron chi connectivity index (χ0n) is 10.7. The van der Waals surface area contributed by atoms with Crippen molar-refractivity contribution in [2.75, 3.05) is 5.32 Å². The van der Waals surface area contributed by atoms with Crippen LogP contribution in [0.3, 0.4) is 0 Å². The van der Waals surface area contributed by atoms with E-state index in [1.165, 1.54) is 0 Å². The van der Waals surface area contributed by atoms with Crippen molar-refractivity contribution in [2.45, 2.75) is 26.2 Å². The highest BCUT2D eigenvalue weighted by molar-refractivity contribution is 5.91. The predicted molar refractivity (Wildman–Crippen MR) is 75.4 cm³/mol. The molecule has 0 aromatic heterocycles. The molecule has 0 fully saturated rings. The molecule has 1 N–H and O–H groups in total. The Labute approximate surface area is 108 Å². The van der Waals surface area contributed by atoms with E-state index in [1.54, 1.807) is 0 Å². The van der Waals surface area contributed by atoms with Gasteiger partial charge in [-0.1, -0.05) is 42.5 Å². The number of carbonyl (C=O) groups excluding carboxylic acids is 1. The van der Waals surface area contributed by atoms with Crippen LogP contribution in [0.15, 0.2) is 48.6 Å². The second-order valence-electron chi connectivity index (χ2n) is 4.71. The van der Waals surface area contributed by atoms with Crippen LogP contribution in [0, 0.1) is 12.8 Å². The highest BCUT2D eigenvalue weighted by Crippen LogP contribution is 2.18. The van der Waals surface area contributed by atoms with Gasteiger partial charge in [-0.05, 0) is 37.3 Å². The second kappa shape index (κ2) is 6.20. The molecular weight excluding hydrogens is 222 g/mol. The van der Waals surface area contributed by atoms with E-state index in [-0.39, 0.29) is 5.91 Å². The smallest absolute Gasteiger partial charge is 0.224 e. The van der Waals surface area contributed by atoms with Crippen LogP contribution in [-0.2, 0) is 4.79 Å². The van der Waals surface area contributed by atoms with Crippen molar-refractivity contribution in [3.8, 4) is 0 Å². The van der Waals surface area contributed by atoms with Crippen LogP contribution in [-0.4, -0.2) is 5.91 Å². The molecule has 0 spiro atoms. The molecule has 1 amide bonds. The third-order valence-corrected chi connectivity index (χ3v) is 3.23. The molecule has 2 nitrogen and oxygen atoms in total. The monoisotopic (exact) mass is 241 g/mol. The number of nitrogens with one attached hydrogen (secondary N) is 1. The van der Waals surface area contributed by atoms with Gasteiger partial charge in [0.25, 0.3) is 0 Å².